The molecule has 2 aliphatic carbocycles. The van der Waals surface area contributed by atoms with Crippen LogP contribution in [0.5, 0.6) is 5.75 Å². The Morgan fingerprint density at radius 3 is 2.55 bits per heavy atom. The number of benzene rings is 2. The molecule has 4 atom stereocenters. The predicted octanol–water partition coefficient (Wildman–Crippen LogP) is 3.90. The van der Waals surface area contributed by atoms with Gasteiger partial charge in [-0.3, -0.25) is 9.59 Å². The van der Waals surface area contributed by atoms with Gasteiger partial charge in [0.15, 0.2) is 11.9 Å². The summed E-state index contributed by atoms with van der Waals surface area (Å²) < 4.78 is 24.9. The van der Waals surface area contributed by atoms with Crippen LogP contribution >= 0.6 is 0 Å². The Labute approximate surface area is 269 Å². The average Bonchev–Trinajstić information content (AvgIpc) is 3.47. The molecule has 3 fully saturated rings. The number of rotatable bonds is 8. The largest absolute Gasteiger partial charge is 0.494 e. The summed E-state index contributed by atoms with van der Waals surface area (Å²) >= 11 is 0. The number of carbonyl (C=O) groups excluding carboxylic acids is 2. The number of aliphatic hydroxyl groups is 1. The van der Waals surface area contributed by atoms with E-state index >= 15 is 0 Å². The number of likely N-dealkylation sites (tertiary alicyclic amines) is 1. The van der Waals surface area contributed by atoms with E-state index in [1.165, 1.54) is 12.1 Å². The van der Waals surface area contributed by atoms with Crippen LogP contribution in [-0.2, 0) is 18.4 Å². The predicted molar refractivity (Wildman–Crippen MR) is 174 cm³/mol. The van der Waals surface area contributed by atoms with Gasteiger partial charge in [-0.1, -0.05) is 12.1 Å². The van der Waals surface area contributed by atoms with Crippen molar-refractivity contribution in [1.82, 2.24) is 24.0 Å². The van der Waals surface area contributed by atoms with Gasteiger partial charge >= 0.3 is 0 Å². The summed E-state index contributed by atoms with van der Waals surface area (Å²) in [4.78, 5) is 37.1. The molecule has 2 bridgehead atoms. The third-order valence-corrected chi connectivity index (χ3v) is 10.3. The molecule has 8 rings (SSSR count). The number of imidazole rings is 1. The Morgan fingerprint density at radius 1 is 1.09 bits per heavy atom. The number of hydrogen-bond donors (Lipinski definition) is 3. The van der Waals surface area contributed by atoms with Gasteiger partial charge in [0, 0.05) is 54.3 Å². The minimum atomic E-state index is -1.73. The van der Waals surface area contributed by atoms with Gasteiger partial charge in [-0.25, -0.2) is 14.4 Å². The fourth-order valence-corrected chi connectivity index (χ4v) is 7.54. The standard InChI is InChI=1S/C35H36FN7O4/c1-41-30-25(12-21(14-28(30)47-2)35(46)43-16-20-7-10-26(43)29(20)37)40-34(41)27-13-19-6-9-24(39-33(19)42(27)15-17-3-4-17)18-5-8-22(23(36)11-18)31(44)32(38)45/h5-6,8-9,11-14,17,20,26,29,31,44H,3-4,7,10,15-16,37H2,1-2H3,(H2,38,45). The zero-order valence-corrected chi connectivity index (χ0v) is 26.2. The normalized spacial score (nSPS) is 21.2. The molecule has 4 heterocycles. The van der Waals surface area contributed by atoms with Crippen LogP contribution in [0.25, 0.3) is 44.8 Å². The van der Waals surface area contributed by atoms with Crippen LogP contribution in [0.2, 0.25) is 0 Å². The van der Waals surface area contributed by atoms with Crippen molar-refractivity contribution in [2.24, 2.45) is 30.4 Å². The second-order valence-corrected chi connectivity index (χ2v) is 13.2. The van der Waals surface area contributed by atoms with E-state index in [-0.39, 0.29) is 23.6 Å². The number of halogens is 1. The van der Waals surface area contributed by atoms with Crippen LogP contribution in [0.15, 0.2) is 48.5 Å². The van der Waals surface area contributed by atoms with E-state index < -0.39 is 17.8 Å². The molecule has 0 spiro atoms. The molecule has 4 unspecified atom stereocenters. The Kier molecular flexibility index (Phi) is 6.85. The number of ether oxygens (including phenoxy) is 1. The molecule has 5 N–H and O–H groups in total. The summed E-state index contributed by atoms with van der Waals surface area (Å²) in [5.41, 5.74) is 16.0. The van der Waals surface area contributed by atoms with E-state index in [2.05, 4.69) is 10.6 Å². The highest BCUT2D eigenvalue weighted by Gasteiger charge is 2.47. The van der Waals surface area contributed by atoms with Crippen molar-refractivity contribution in [3.05, 3.63) is 65.5 Å². The van der Waals surface area contributed by atoms with Crippen LogP contribution in [0.4, 0.5) is 4.39 Å². The topological polar surface area (TPSA) is 155 Å². The minimum absolute atomic E-state index is 0.0293. The Bertz CT molecular complexity index is 2100. The second kappa shape index (κ2) is 10.9. The quantitative estimate of drug-likeness (QED) is 0.233. The Hall–Kier alpha value is -4.81. The molecule has 12 heteroatoms. The number of nitrogens with zero attached hydrogens (tertiary/aromatic N) is 5. The summed E-state index contributed by atoms with van der Waals surface area (Å²) in [5, 5.41) is 10.9. The van der Waals surface area contributed by atoms with Crippen LogP contribution in [0.1, 0.15) is 47.7 Å². The highest BCUT2D eigenvalue weighted by Crippen LogP contribution is 2.40. The van der Waals surface area contributed by atoms with Crippen molar-refractivity contribution in [3.63, 3.8) is 0 Å². The molecule has 3 aliphatic rings. The zero-order valence-electron chi connectivity index (χ0n) is 26.2. The number of hydrogen-bond acceptors (Lipinski definition) is 7. The molecule has 2 aromatic carbocycles. The lowest BCUT2D eigenvalue weighted by atomic mass is 10.0. The molecule has 3 aromatic heterocycles. The van der Waals surface area contributed by atoms with E-state index in [9.17, 15) is 19.1 Å². The fourth-order valence-electron chi connectivity index (χ4n) is 7.54. The number of aliphatic hydroxyl groups excluding tert-OH is 1. The number of fused-ring (bicyclic) bond motifs is 4. The van der Waals surface area contributed by atoms with Crippen molar-refractivity contribution in [2.75, 3.05) is 13.7 Å². The molecular formula is C35H36FN7O4. The molecule has 47 heavy (non-hydrogen) atoms. The van der Waals surface area contributed by atoms with E-state index in [1.807, 2.05) is 34.7 Å². The first kappa shape index (κ1) is 29.6. The van der Waals surface area contributed by atoms with Gasteiger partial charge in [0.05, 0.1) is 24.0 Å². The van der Waals surface area contributed by atoms with Gasteiger partial charge in [-0.05, 0) is 73.9 Å². The molecule has 0 radical (unpaired) electrons. The highest BCUT2D eigenvalue weighted by atomic mass is 19.1. The number of aryl methyl sites for hydroxylation is 1. The van der Waals surface area contributed by atoms with E-state index in [0.717, 1.165) is 54.5 Å². The number of carbonyl (C=O) groups is 2. The van der Waals surface area contributed by atoms with Gasteiger partial charge in [0.1, 0.15) is 22.7 Å². The van der Waals surface area contributed by atoms with E-state index in [4.69, 9.17) is 26.2 Å². The van der Waals surface area contributed by atoms with Crippen molar-refractivity contribution < 1.29 is 23.8 Å². The smallest absolute Gasteiger partial charge is 0.254 e. The maximum atomic E-state index is 14.9. The third kappa shape index (κ3) is 4.77. The first-order valence-electron chi connectivity index (χ1n) is 16.0. The number of pyridine rings is 1. The van der Waals surface area contributed by atoms with Crippen LogP contribution in [-0.4, -0.2) is 66.7 Å². The molecule has 1 saturated heterocycles. The number of amides is 2. The van der Waals surface area contributed by atoms with E-state index in [1.54, 1.807) is 19.2 Å². The summed E-state index contributed by atoms with van der Waals surface area (Å²) in [5.74, 6) is 0.333. The number of methoxy groups -OCH3 is 1. The molecule has 11 nitrogen and oxygen atoms in total. The summed E-state index contributed by atoms with van der Waals surface area (Å²) in [6.07, 6.45) is 2.52. The molecule has 5 aromatic rings. The summed E-state index contributed by atoms with van der Waals surface area (Å²) in [7, 11) is 3.54. The number of nitrogens with two attached hydrogens (primary N) is 2. The van der Waals surface area contributed by atoms with Crippen molar-refractivity contribution in [1.29, 1.82) is 0 Å². The first-order valence-corrected chi connectivity index (χ1v) is 16.0. The first-order chi connectivity index (χ1) is 22.6. The van der Waals surface area contributed by atoms with Crippen LogP contribution < -0.4 is 16.2 Å². The van der Waals surface area contributed by atoms with Gasteiger partial charge < -0.3 is 35.3 Å². The van der Waals surface area contributed by atoms with Crippen molar-refractivity contribution >= 4 is 33.9 Å². The molecule has 242 valence electrons. The fraction of sp³-hybridized carbons (Fsp3) is 0.371. The zero-order chi connectivity index (χ0) is 32.7. The number of piperidine rings is 1. The number of primary amides is 1. The van der Waals surface area contributed by atoms with Gasteiger partial charge in [0.2, 0.25) is 0 Å². The van der Waals surface area contributed by atoms with Crippen LogP contribution in [0.3, 0.4) is 0 Å². The molecular weight excluding hydrogens is 601 g/mol. The number of aromatic nitrogens is 4. The third-order valence-electron chi connectivity index (χ3n) is 10.3. The maximum Gasteiger partial charge on any atom is 0.254 e. The summed E-state index contributed by atoms with van der Waals surface area (Å²) in [6.45, 7) is 1.43. The van der Waals surface area contributed by atoms with E-state index in [0.29, 0.717) is 52.3 Å². The van der Waals surface area contributed by atoms with Crippen molar-refractivity contribution in [2.45, 2.75) is 50.4 Å². The molecule has 2 amide bonds. The van der Waals surface area contributed by atoms with Crippen LogP contribution in [0, 0.1) is 17.7 Å². The lowest BCUT2D eigenvalue weighted by Gasteiger charge is -2.27. The van der Waals surface area contributed by atoms with Gasteiger partial charge in [0.25, 0.3) is 11.8 Å². The molecule has 1 aliphatic heterocycles. The van der Waals surface area contributed by atoms with Gasteiger partial charge in [-0.2, -0.15) is 0 Å². The average molecular weight is 638 g/mol. The summed E-state index contributed by atoms with van der Waals surface area (Å²) in [6, 6.07) is 13.8. The van der Waals surface area contributed by atoms with Gasteiger partial charge in [-0.15, -0.1) is 0 Å². The maximum absolute atomic E-state index is 14.9. The highest BCUT2D eigenvalue weighted by molar-refractivity contribution is 6.00. The lowest BCUT2D eigenvalue weighted by molar-refractivity contribution is -0.126. The minimum Gasteiger partial charge on any atom is -0.494 e. The molecule has 2 saturated carbocycles. The lowest BCUT2D eigenvalue weighted by Crippen LogP contribution is -2.41. The van der Waals surface area contributed by atoms with Crippen molar-refractivity contribution in [3.8, 4) is 28.5 Å². The Morgan fingerprint density at radius 2 is 1.89 bits per heavy atom. The Balaban J connectivity index is 1.21. The second-order valence-electron chi connectivity index (χ2n) is 13.2. The monoisotopic (exact) mass is 637 g/mol. The SMILES string of the molecule is COc1cc(C(=O)N2CC3CCC2C3N)cc2nc(-c3cc4ccc(-c5ccc(C(O)C(N)=O)c(F)c5)nc4n3CC3CC3)n(C)c12.